The Morgan fingerprint density at radius 2 is 2.06 bits per heavy atom. The minimum absolute atomic E-state index is 0.236. The molecule has 0 aliphatic carbocycles. The highest BCUT2D eigenvalue weighted by Crippen LogP contribution is 2.16. The van der Waals surface area contributed by atoms with Crippen molar-refractivity contribution in [2.75, 3.05) is 45.9 Å². The number of morpholine rings is 1. The molecule has 18 heavy (non-hydrogen) atoms. The minimum Gasteiger partial charge on any atom is -0.379 e. The van der Waals surface area contributed by atoms with Crippen LogP contribution in [-0.4, -0.2) is 73.7 Å². The standard InChI is InChI=1S/C13H25N3O2/c1-11(2)14-9-13(17)16-4-3-12(10-16)15-5-7-18-8-6-15/h11-12,14H,3-10H2,1-2H3. The number of nitrogens with zero attached hydrogens (tertiary/aromatic N) is 2. The van der Waals surface area contributed by atoms with E-state index in [-0.39, 0.29) is 5.91 Å². The first-order chi connectivity index (χ1) is 8.66. The van der Waals surface area contributed by atoms with E-state index >= 15 is 0 Å². The molecule has 2 rings (SSSR count). The van der Waals surface area contributed by atoms with Crippen molar-refractivity contribution in [2.45, 2.75) is 32.4 Å². The van der Waals surface area contributed by atoms with E-state index in [0.29, 0.717) is 18.6 Å². The van der Waals surface area contributed by atoms with E-state index in [0.717, 1.165) is 45.8 Å². The van der Waals surface area contributed by atoms with Crippen molar-refractivity contribution < 1.29 is 9.53 Å². The molecule has 1 N–H and O–H groups in total. The summed E-state index contributed by atoms with van der Waals surface area (Å²) in [5.41, 5.74) is 0. The lowest BCUT2D eigenvalue weighted by Gasteiger charge is -2.32. The molecule has 0 bridgehead atoms. The number of hydrogen-bond acceptors (Lipinski definition) is 4. The van der Waals surface area contributed by atoms with Gasteiger partial charge in [0, 0.05) is 38.3 Å². The first kappa shape index (κ1) is 13.8. The summed E-state index contributed by atoms with van der Waals surface area (Å²) in [6, 6.07) is 0.906. The van der Waals surface area contributed by atoms with Gasteiger partial charge in [-0.05, 0) is 6.42 Å². The van der Waals surface area contributed by atoms with Gasteiger partial charge in [-0.2, -0.15) is 0 Å². The van der Waals surface area contributed by atoms with Crippen LogP contribution in [0.4, 0.5) is 0 Å². The Balaban J connectivity index is 1.75. The molecule has 1 atom stereocenters. The zero-order valence-corrected chi connectivity index (χ0v) is 11.5. The van der Waals surface area contributed by atoms with E-state index in [1.54, 1.807) is 0 Å². The van der Waals surface area contributed by atoms with Crippen molar-refractivity contribution in [3.63, 3.8) is 0 Å². The normalized spacial score (nSPS) is 25.9. The molecule has 1 unspecified atom stereocenters. The molecule has 0 aromatic heterocycles. The summed E-state index contributed by atoms with van der Waals surface area (Å²) in [6.45, 7) is 10.1. The van der Waals surface area contributed by atoms with Crippen molar-refractivity contribution in [3.8, 4) is 0 Å². The number of nitrogens with one attached hydrogen (secondary N) is 1. The monoisotopic (exact) mass is 255 g/mol. The number of likely N-dealkylation sites (tertiary alicyclic amines) is 1. The van der Waals surface area contributed by atoms with Crippen LogP contribution < -0.4 is 5.32 Å². The van der Waals surface area contributed by atoms with Gasteiger partial charge in [0.25, 0.3) is 0 Å². The number of rotatable bonds is 4. The van der Waals surface area contributed by atoms with Gasteiger partial charge in [-0.25, -0.2) is 0 Å². The zero-order valence-electron chi connectivity index (χ0n) is 11.5. The third-order valence-corrected chi connectivity index (χ3v) is 3.74. The van der Waals surface area contributed by atoms with Crippen molar-refractivity contribution in [2.24, 2.45) is 0 Å². The first-order valence-corrected chi connectivity index (χ1v) is 7.00. The Kier molecular flexibility index (Phi) is 4.97. The van der Waals surface area contributed by atoms with Crippen LogP contribution >= 0.6 is 0 Å². The van der Waals surface area contributed by atoms with Crippen LogP contribution in [0.15, 0.2) is 0 Å². The van der Waals surface area contributed by atoms with E-state index in [4.69, 9.17) is 4.74 Å². The molecular formula is C13H25N3O2. The van der Waals surface area contributed by atoms with Crippen LogP contribution in [0.3, 0.4) is 0 Å². The summed E-state index contributed by atoms with van der Waals surface area (Å²) in [5, 5.41) is 3.19. The molecule has 0 aromatic carbocycles. The highest BCUT2D eigenvalue weighted by atomic mass is 16.5. The summed E-state index contributed by atoms with van der Waals surface area (Å²) in [4.78, 5) is 16.5. The molecule has 2 aliphatic rings. The van der Waals surface area contributed by atoms with Gasteiger partial charge >= 0.3 is 0 Å². The Bertz CT molecular complexity index is 277. The van der Waals surface area contributed by atoms with Gasteiger partial charge in [0.15, 0.2) is 0 Å². The van der Waals surface area contributed by atoms with Crippen molar-refractivity contribution in [1.82, 2.24) is 15.1 Å². The molecule has 0 radical (unpaired) electrons. The Morgan fingerprint density at radius 3 is 2.72 bits per heavy atom. The number of hydrogen-bond donors (Lipinski definition) is 1. The molecule has 5 nitrogen and oxygen atoms in total. The molecule has 0 saturated carbocycles. The average molecular weight is 255 g/mol. The smallest absolute Gasteiger partial charge is 0.236 e. The Hall–Kier alpha value is -0.650. The van der Waals surface area contributed by atoms with Crippen molar-refractivity contribution >= 4 is 5.91 Å². The predicted octanol–water partition coefficient (Wildman–Crippen LogP) is -0.0825. The van der Waals surface area contributed by atoms with Crippen LogP contribution in [0.5, 0.6) is 0 Å². The molecule has 0 aromatic rings. The zero-order chi connectivity index (χ0) is 13.0. The van der Waals surface area contributed by atoms with Gasteiger partial charge in [0.2, 0.25) is 5.91 Å². The van der Waals surface area contributed by atoms with E-state index < -0.39 is 0 Å². The van der Waals surface area contributed by atoms with Crippen LogP contribution in [0.1, 0.15) is 20.3 Å². The van der Waals surface area contributed by atoms with Crippen LogP contribution in [0.2, 0.25) is 0 Å². The number of carbonyl (C=O) groups excluding carboxylic acids is 1. The lowest BCUT2D eigenvalue weighted by atomic mass is 10.2. The number of amides is 1. The molecule has 2 heterocycles. The number of carbonyl (C=O) groups is 1. The highest BCUT2D eigenvalue weighted by molar-refractivity contribution is 5.78. The maximum Gasteiger partial charge on any atom is 0.236 e. The molecule has 2 saturated heterocycles. The Labute approximate surface area is 109 Å². The van der Waals surface area contributed by atoms with E-state index in [2.05, 4.69) is 24.1 Å². The van der Waals surface area contributed by atoms with Crippen molar-refractivity contribution in [1.29, 1.82) is 0 Å². The fraction of sp³-hybridized carbons (Fsp3) is 0.923. The minimum atomic E-state index is 0.236. The van der Waals surface area contributed by atoms with Crippen LogP contribution in [0, 0.1) is 0 Å². The maximum absolute atomic E-state index is 12.0. The summed E-state index contributed by atoms with van der Waals surface area (Å²) in [7, 11) is 0. The van der Waals surface area contributed by atoms with E-state index in [9.17, 15) is 4.79 Å². The van der Waals surface area contributed by atoms with Crippen molar-refractivity contribution in [3.05, 3.63) is 0 Å². The lowest BCUT2D eigenvalue weighted by molar-refractivity contribution is -0.129. The molecule has 2 fully saturated rings. The first-order valence-electron chi connectivity index (χ1n) is 7.00. The molecule has 1 amide bonds. The van der Waals surface area contributed by atoms with Gasteiger partial charge in [0.05, 0.1) is 19.8 Å². The fourth-order valence-corrected chi connectivity index (χ4v) is 2.61. The third-order valence-electron chi connectivity index (χ3n) is 3.74. The van der Waals surface area contributed by atoms with Gasteiger partial charge in [-0.15, -0.1) is 0 Å². The second kappa shape index (κ2) is 6.50. The summed E-state index contributed by atoms with van der Waals surface area (Å²) >= 11 is 0. The topological polar surface area (TPSA) is 44.8 Å². The second-order valence-electron chi connectivity index (χ2n) is 5.47. The molecule has 5 heteroatoms. The molecular weight excluding hydrogens is 230 g/mol. The van der Waals surface area contributed by atoms with Crippen LogP contribution in [0.25, 0.3) is 0 Å². The van der Waals surface area contributed by atoms with Crippen LogP contribution in [-0.2, 0) is 9.53 Å². The number of ether oxygens (including phenoxy) is 1. The summed E-state index contributed by atoms with van der Waals surface area (Å²) < 4.78 is 5.37. The van der Waals surface area contributed by atoms with Gasteiger partial charge in [-0.3, -0.25) is 9.69 Å². The maximum atomic E-state index is 12.0. The third kappa shape index (κ3) is 3.67. The largest absolute Gasteiger partial charge is 0.379 e. The SMILES string of the molecule is CC(C)NCC(=O)N1CCC(N2CCOCC2)C1. The quantitative estimate of drug-likeness (QED) is 0.763. The van der Waals surface area contributed by atoms with E-state index in [1.807, 2.05) is 4.90 Å². The summed E-state index contributed by atoms with van der Waals surface area (Å²) in [6.07, 6.45) is 1.10. The Morgan fingerprint density at radius 1 is 1.33 bits per heavy atom. The van der Waals surface area contributed by atoms with E-state index in [1.165, 1.54) is 0 Å². The molecule has 2 aliphatic heterocycles. The summed E-state index contributed by atoms with van der Waals surface area (Å²) in [5.74, 6) is 0.236. The molecule has 0 spiro atoms. The highest BCUT2D eigenvalue weighted by Gasteiger charge is 2.30. The fourth-order valence-electron chi connectivity index (χ4n) is 2.61. The van der Waals surface area contributed by atoms with Gasteiger partial charge in [0.1, 0.15) is 0 Å². The van der Waals surface area contributed by atoms with Gasteiger partial charge < -0.3 is 15.0 Å². The predicted molar refractivity (Wildman–Crippen MR) is 70.5 cm³/mol. The average Bonchev–Trinajstić information content (AvgIpc) is 2.86. The van der Waals surface area contributed by atoms with Gasteiger partial charge in [-0.1, -0.05) is 13.8 Å². The molecule has 104 valence electrons. The lowest BCUT2D eigenvalue weighted by Crippen LogP contribution is -2.46. The second-order valence-corrected chi connectivity index (χ2v) is 5.47.